The molecule has 0 spiro atoms. The van der Waals surface area contributed by atoms with Crippen LogP contribution in [-0.4, -0.2) is 35.0 Å². The molecule has 1 saturated carbocycles. The van der Waals surface area contributed by atoms with Gasteiger partial charge in [0.25, 0.3) is 0 Å². The maximum atomic E-state index is 11.8. The minimum Gasteiger partial charge on any atom is -0.481 e. The molecule has 2 atom stereocenters. The number of carbonyl (C=O) groups is 2. The van der Waals surface area contributed by atoms with Crippen LogP contribution in [0.2, 0.25) is 0 Å². The van der Waals surface area contributed by atoms with Gasteiger partial charge in [0, 0.05) is 12.3 Å². The average molecular weight is 255 g/mol. The van der Waals surface area contributed by atoms with E-state index in [4.69, 9.17) is 11.5 Å². The van der Waals surface area contributed by atoms with E-state index in [1.165, 1.54) is 0 Å². The summed E-state index contributed by atoms with van der Waals surface area (Å²) in [4.78, 5) is 22.7. The fourth-order valence-corrected chi connectivity index (χ4v) is 2.59. The second-order valence-corrected chi connectivity index (χ2v) is 5.14. The van der Waals surface area contributed by atoms with Crippen LogP contribution < -0.4 is 5.32 Å². The van der Waals surface area contributed by atoms with Gasteiger partial charge in [0.05, 0.1) is 17.6 Å². The maximum Gasteiger partial charge on any atom is 0.307 e. The van der Waals surface area contributed by atoms with Crippen LogP contribution >= 0.6 is 11.8 Å². The van der Waals surface area contributed by atoms with Gasteiger partial charge in [0.2, 0.25) is 5.91 Å². The molecule has 1 fully saturated rings. The third-order valence-corrected chi connectivity index (χ3v) is 3.76. The molecule has 0 bridgehead atoms. The van der Waals surface area contributed by atoms with E-state index in [0.29, 0.717) is 25.1 Å². The number of carboxylic acid groups (broad SMARTS) is 1. The Hall–Kier alpha value is -1.15. The van der Waals surface area contributed by atoms with Crippen molar-refractivity contribution in [1.29, 1.82) is 0 Å². The summed E-state index contributed by atoms with van der Waals surface area (Å²) in [5, 5.41) is 11.7. The predicted octanol–water partition coefficient (Wildman–Crippen LogP) is 0.970. The van der Waals surface area contributed by atoms with Gasteiger partial charge in [-0.25, -0.2) is 0 Å². The van der Waals surface area contributed by atoms with Crippen LogP contribution in [0.3, 0.4) is 0 Å². The van der Waals surface area contributed by atoms with Gasteiger partial charge < -0.3 is 10.4 Å². The lowest BCUT2D eigenvalue weighted by molar-refractivity contribution is -0.146. The molecule has 0 unspecified atom stereocenters. The number of aliphatic carboxylic acids is 1. The van der Waals surface area contributed by atoms with Crippen molar-refractivity contribution in [2.45, 2.75) is 19.3 Å². The van der Waals surface area contributed by atoms with Gasteiger partial charge in [-0.3, -0.25) is 9.59 Å². The van der Waals surface area contributed by atoms with Gasteiger partial charge in [0.15, 0.2) is 0 Å². The second-order valence-electron chi connectivity index (χ2n) is 4.03. The molecule has 0 aromatic heterocycles. The topological polar surface area (TPSA) is 66.4 Å². The summed E-state index contributed by atoms with van der Waals surface area (Å²) in [6, 6.07) is 0. The zero-order valence-corrected chi connectivity index (χ0v) is 10.5. The Balaban J connectivity index is 2.27. The SMILES string of the molecule is C#CCSCCNC(=O)[C@@H]1CCC[C@@H]1C(=O)O. The van der Waals surface area contributed by atoms with E-state index in [2.05, 4.69) is 11.2 Å². The van der Waals surface area contributed by atoms with Crippen LogP contribution in [0.4, 0.5) is 0 Å². The van der Waals surface area contributed by atoms with Gasteiger partial charge in [-0.15, -0.1) is 18.2 Å². The molecular weight excluding hydrogens is 238 g/mol. The normalized spacial score (nSPS) is 23.0. The number of carbonyl (C=O) groups excluding carboxylic acids is 1. The first kappa shape index (κ1) is 13.9. The van der Waals surface area contributed by atoms with Crippen molar-refractivity contribution in [2.24, 2.45) is 11.8 Å². The van der Waals surface area contributed by atoms with Gasteiger partial charge in [-0.1, -0.05) is 12.3 Å². The van der Waals surface area contributed by atoms with Crippen LogP contribution in [0.15, 0.2) is 0 Å². The Labute approximate surface area is 106 Å². The van der Waals surface area contributed by atoms with Crippen molar-refractivity contribution in [2.75, 3.05) is 18.1 Å². The Morgan fingerprint density at radius 3 is 2.76 bits per heavy atom. The summed E-state index contributed by atoms with van der Waals surface area (Å²) in [7, 11) is 0. The number of nitrogens with one attached hydrogen (secondary N) is 1. The highest BCUT2D eigenvalue weighted by Gasteiger charge is 2.37. The zero-order chi connectivity index (χ0) is 12.7. The van der Waals surface area contributed by atoms with Crippen molar-refractivity contribution in [3.05, 3.63) is 0 Å². The predicted molar refractivity (Wildman–Crippen MR) is 67.6 cm³/mol. The number of hydrogen-bond acceptors (Lipinski definition) is 3. The molecule has 1 rings (SSSR count). The summed E-state index contributed by atoms with van der Waals surface area (Å²) in [6.07, 6.45) is 7.21. The molecule has 1 aliphatic carbocycles. The lowest BCUT2D eigenvalue weighted by Gasteiger charge is -2.15. The summed E-state index contributed by atoms with van der Waals surface area (Å²) >= 11 is 1.58. The molecule has 0 aromatic carbocycles. The molecule has 0 aromatic rings. The molecular formula is C12H17NO3S. The van der Waals surface area contributed by atoms with E-state index in [1.807, 2.05) is 0 Å². The van der Waals surface area contributed by atoms with Gasteiger partial charge in [-0.05, 0) is 12.8 Å². The van der Waals surface area contributed by atoms with Gasteiger partial charge in [0.1, 0.15) is 0 Å². The Bertz CT molecular complexity index is 324. The Kier molecular flexibility index (Phi) is 5.92. The molecule has 4 nitrogen and oxygen atoms in total. The van der Waals surface area contributed by atoms with Crippen LogP contribution in [0, 0.1) is 24.2 Å². The molecule has 2 N–H and O–H groups in total. The maximum absolute atomic E-state index is 11.8. The minimum absolute atomic E-state index is 0.129. The fraction of sp³-hybridized carbons (Fsp3) is 0.667. The van der Waals surface area contributed by atoms with E-state index < -0.39 is 11.9 Å². The van der Waals surface area contributed by atoms with Crippen molar-refractivity contribution in [3.63, 3.8) is 0 Å². The van der Waals surface area contributed by atoms with Crippen molar-refractivity contribution < 1.29 is 14.7 Å². The Morgan fingerprint density at radius 1 is 1.41 bits per heavy atom. The smallest absolute Gasteiger partial charge is 0.307 e. The number of carboxylic acids is 1. The summed E-state index contributed by atoms with van der Waals surface area (Å²) in [5.74, 6) is 2.06. The molecule has 0 saturated heterocycles. The minimum atomic E-state index is -0.857. The third kappa shape index (κ3) is 4.31. The first-order valence-electron chi connectivity index (χ1n) is 5.68. The van der Waals surface area contributed by atoms with E-state index in [-0.39, 0.29) is 11.8 Å². The second kappa shape index (κ2) is 7.23. The van der Waals surface area contributed by atoms with Gasteiger partial charge >= 0.3 is 5.97 Å². The molecule has 1 amide bonds. The zero-order valence-electron chi connectivity index (χ0n) is 9.65. The quantitative estimate of drug-likeness (QED) is 0.548. The third-order valence-electron chi connectivity index (χ3n) is 2.90. The molecule has 0 heterocycles. The van der Waals surface area contributed by atoms with E-state index in [9.17, 15) is 9.59 Å². The molecule has 5 heteroatoms. The first-order chi connectivity index (χ1) is 8.16. The highest BCUT2D eigenvalue weighted by atomic mass is 32.2. The van der Waals surface area contributed by atoms with Crippen LogP contribution in [-0.2, 0) is 9.59 Å². The Morgan fingerprint density at radius 2 is 2.12 bits per heavy atom. The summed E-state index contributed by atoms with van der Waals surface area (Å²) < 4.78 is 0. The van der Waals surface area contributed by atoms with E-state index in [0.717, 1.165) is 12.2 Å². The lowest BCUT2D eigenvalue weighted by Crippen LogP contribution is -2.36. The number of rotatable bonds is 6. The molecule has 1 aliphatic rings. The first-order valence-corrected chi connectivity index (χ1v) is 6.84. The van der Waals surface area contributed by atoms with Crippen LogP contribution in [0.5, 0.6) is 0 Å². The molecule has 17 heavy (non-hydrogen) atoms. The standard InChI is InChI=1S/C12H17NO3S/c1-2-7-17-8-6-13-11(14)9-4-3-5-10(9)12(15)16/h1,9-10H,3-8H2,(H,13,14)(H,15,16)/t9-,10+/m1/s1. The lowest BCUT2D eigenvalue weighted by atomic mass is 9.95. The monoisotopic (exact) mass is 255 g/mol. The number of thioether (sulfide) groups is 1. The van der Waals surface area contributed by atoms with E-state index in [1.54, 1.807) is 11.8 Å². The van der Waals surface area contributed by atoms with Crippen molar-refractivity contribution in [3.8, 4) is 12.3 Å². The van der Waals surface area contributed by atoms with E-state index >= 15 is 0 Å². The van der Waals surface area contributed by atoms with Gasteiger partial charge in [-0.2, -0.15) is 0 Å². The molecule has 0 radical (unpaired) electrons. The highest BCUT2D eigenvalue weighted by molar-refractivity contribution is 7.99. The average Bonchev–Trinajstić information content (AvgIpc) is 2.77. The number of hydrogen-bond donors (Lipinski definition) is 2. The van der Waals surface area contributed by atoms with Crippen molar-refractivity contribution >= 4 is 23.6 Å². The number of amides is 1. The summed E-state index contributed by atoms with van der Waals surface area (Å²) in [6.45, 7) is 0.550. The van der Waals surface area contributed by atoms with Crippen molar-refractivity contribution in [1.82, 2.24) is 5.32 Å². The largest absolute Gasteiger partial charge is 0.481 e. The summed E-state index contributed by atoms with van der Waals surface area (Å²) in [5.41, 5.74) is 0. The number of terminal acetylenes is 1. The highest BCUT2D eigenvalue weighted by Crippen LogP contribution is 2.31. The van der Waals surface area contributed by atoms with Crippen LogP contribution in [0.1, 0.15) is 19.3 Å². The fourth-order valence-electron chi connectivity index (χ4n) is 2.08. The molecule has 94 valence electrons. The molecule has 0 aliphatic heterocycles. The van der Waals surface area contributed by atoms with Crippen LogP contribution in [0.25, 0.3) is 0 Å².